The molecule has 1 atom stereocenters. The number of halogens is 1. The van der Waals surface area contributed by atoms with E-state index in [0.717, 1.165) is 28.2 Å². The van der Waals surface area contributed by atoms with Gasteiger partial charge in [-0.25, -0.2) is 32.7 Å². The molecule has 1 unspecified atom stereocenters. The van der Waals surface area contributed by atoms with Gasteiger partial charge in [-0.05, 0) is 50.7 Å². The number of ether oxygens (including phenoxy) is 2. The van der Waals surface area contributed by atoms with Crippen LogP contribution in [-0.2, 0) is 20.4 Å². The highest BCUT2D eigenvalue weighted by Crippen LogP contribution is 2.33. The van der Waals surface area contributed by atoms with E-state index in [1.54, 1.807) is 30.9 Å². The zero-order valence-corrected chi connectivity index (χ0v) is 25.5. The maximum Gasteiger partial charge on any atom is 0.256 e. The molecule has 3 aromatic rings. The fraction of sp³-hybridized carbons (Fsp3) is 0.500. The summed E-state index contributed by atoms with van der Waals surface area (Å²) in [4.78, 5) is 18.2. The average molecular weight is 638 g/mol. The SMILES string of the molecule is NC1(c2ccnc(-c3cnn(S(=O)(=O)C4CC4)c3)n2)C=C(NC2CCC(F)CC2)C(c2cnc(OC3CCOCC3)cn2)=CN1. The Morgan fingerprint density at radius 2 is 1.84 bits per heavy atom. The van der Waals surface area contributed by atoms with Gasteiger partial charge in [0.25, 0.3) is 10.0 Å². The highest BCUT2D eigenvalue weighted by atomic mass is 32.2. The van der Waals surface area contributed by atoms with E-state index in [2.05, 4.69) is 30.7 Å². The number of allylic oxidation sites excluding steroid dienone is 1. The summed E-state index contributed by atoms with van der Waals surface area (Å²) in [7, 11) is -3.52. The second kappa shape index (κ2) is 12.1. The van der Waals surface area contributed by atoms with Crippen LogP contribution in [0.2, 0.25) is 0 Å². The number of alkyl halides is 1. The van der Waals surface area contributed by atoms with Gasteiger partial charge in [-0.15, -0.1) is 0 Å². The van der Waals surface area contributed by atoms with Crippen LogP contribution in [-0.4, -0.2) is 74.3 Å². The third-order valence-electron chi connectivity index (χ3n) is 8.60. The molecule has 3 aromatic heterocycles. The van der Waals surface area contributed by atoms with Crippen LogP contribution in [0.25, 0.3) is 17.0 Å². The van der Waals surface area contributed by atoms with Crippen molar-refractivity contribution in [2.45, 2.75) is 80.6 Å². The van der Waals surface area contributed by atoms with Crippen molar-refractivity contribution in [1.29, 1.82) is 0 Å². The molecule has 0 aromatic carbocycles. The van der Waals surface area contributed by atoms with Crippen LogP contribution in [0.4, 0.5) is 4.39 Å². The lowest BCUT2D eigenvalue weighted by atomic mass is 9.91. The molecular formula is C30H36FN9O4S. The molecule has 0 radical (unpaired) electrons. The molecule has 2 aliphatic carbocycles. The van der Waals surface area contributed by atoms with Gasteiger partial charge in [0, 0.05) is 42.6 Å². The molecule has 3 fully saturated rings. The summed E-state index contributed by atoms with van der Waals surface area (Å²) in [6.45, 7) is 1.33. The quantitative estimate of drug-likeness (QED) is 0.314. The van der Waals surface area contributed by atoms with Gasteiger partial charge in [-0.3, -0.25) is 0 Å². The molecule has 1 saturated heterocycles. The van der Waals surface area contributed by atoms with Gasteiger partial charge in [-0.2, -0.15) is 9.19 Å². The minimum absolute atomic E-state index is 0.0461. The summed E-state index contributed by atoms with van der Waals surface area (Å²) >= 11 is 0. The van der Waals surface area contributed by atoms with Crippen LogP contribution >= 0.6 is 0 Å². The Hall–Kier alpha value is -3.95. The van der Waals surface area contributed by atoms with Crippen molar-refractivity contribution in [3.05, 3.63) is 66.4 Å². The predicted molar refractivity (Wildman–Crippen MR) is 162 cm³/mol. The van der Waals surface area contributed by atoms with Crippen molar-refractivity contribution in [2.24, 2.45) is 5.73 Å². The third-order valence-corrected chi connectivity index (χ3v) is 10.6. The van der Waals surface area contributed by atoms with Gasteiger partial charge >= 0.3 is 0 Å². The molecule has 15 heteroatoms. The van der Waals surface area contributed by atoms with Crippen LogP contribution in [0, 0.1) is 0 Å². The summed E-state index contributed by atoms with van der Waals surface area (Å²) in [6, 6.07) is 1.75. The van der Waals surface area contributed by atoms with E-state index in [9.17, 15) is 12.8 Å². The molecular weight excluding hydrogens is 601 g/mol. The zero-order valence-electron chi connectivity index (χ0n) is 24.7. The standard InChI is InChI=1S/C30H36FN9O4S/c31-20-1-3-21(4-2-20)38-25-13-30(32,36-15-24(25)26-16-35-28(17-34-26)44-22-8-11-43-12-9-22)27-7-10-33-29(39-27)19-14-37-40(18-19)45(41,42)23-5-6-23/h7,10,13-18,20-23,36,38H,1-6,8-9,11-12,32H2. The number of hydrogen-bond donors (Lipinski definition) is 3. The number of dihydropyridines is 1. The summed E-state index contributed by atoms with van der Waals surface area (Å²) in [5, 5.41) is 10.5. The van der Waals surface area contributed by atoms with Gasteiger partial charge in [-0.1, -0.05) is 0 Å². The lowest BCUT2D eigenvalue weighted by Gasteiger charge is -2.35. The van der Waals surface area contributed by atoms with Crippen LogP contribution in [0.1, 0.15) is 62.8 Å². The minimum atomic E-state index is -3.52. The Bertz CT molecular complexity index is 1700. The van der Waals surface area contributed by atoms with Gasteiger partial charge in [0.2, 0.25) is 5.88 Å². The molecule has 13 nitrogen and oxygen atoms in total. The molecule has 4 N–H and O–H groups in total. The molecule has 2 saturated carbocycles. The molecule has 45 heavy (non-hydrogen) atoms. The summed E-state index contributed by atoms with van der Waals surface area (Å²) in [6.07, 6.45) is 15.8. The Morgan fingerprint density at radius 1 is 1.04 bits per heavy atom. The van der Waals surface area contributed by atoms with E-state index in [4.69, 9.17) is 20.2 Å². The van der Waals surface area contributed by atoms with Crippen LogP contribution < -0.4 is 21.1 Å². The zero-order chi connectivity index (χ0) is 31.0. The van der Waals surface area contributed by atoms with Crippen molar-refractivity contribution < 1.29 is 22.3 Å². The van der Waals surface area contributed by atoms with E-state index >= 15 is 0 Å². The molecule has 4 aliphatic rings. The number of nitrogens with one attached hydrogen (secondary N) is 2. The highest BCUT2D eigenvalue weighted by molar-refractivity contribution is 7.90. The monoisotopic (exact) mass is 637 g/mol. The second-order valence-electron chi connectivity index (χ2n) is 12.0. The molecule has 0 bridgehead atoms. The van der Waals surface area contributed by atoms with Gasteiger partial charge in [0.1, 0.15) is 12.3 Å². The highest BCUT2D eigenvalue weighted by Gasteiger charge is 2.38. The number of nitrogens with zero attached hydrogens (tertiary/aromatic N) is 6. The van der Waals surface area contributed by atoms with E-state index in [1.165, 1.54) is 12.4 Å². The van der Waals surface area contributed by atoms with Crippen molar-refractivity contribution >= 4 is 15.6 Å². The van der Waals surface area contributed by atoms with E-state index < -0.39 is 27.1 Å². The Labute approximate surface area is 260 Å². The number of aromatic nitrogens is 6. The first-order chi connectivity index (χ1) is 21.8. The fourth-order valence-electron chi connectivity index (χ4n) is 5.80. The summed E-state index contributed by atoms with van der Waals surface area (Å²) in [5.74, 6) is 0.742. The van der Waals surface area contributed by atoms with Crippen LogP contribution in [0.3, 0.4) is 0 Å². The maximum atomic E-state index is 13.9. The molecule has 0 amide bonds. The largest absolute Gasteiger partial charge is 0.473 e. The molecule has 0 spiro atoms. The normalized spacial score (nSPS) is 26.0. The van der Waals surface area contributed by atoms with Crippen molar-refractivity contribution in [3.63, 3.8) is 0 Å². The molecule has 2 aliphatic heterocycles. The second-order valence-corrected chi connectivity index (χ2v) is 14.1. The van der Waals surface area contributed by atoms with Gasteiger partial charge < -0.3 is 25.8 Å². The van der Waals surface area contributed by atoms with Crippen LogP contribution in [0.5, 0.6) is 5.88 Å². The average Bonchev–Trinajstić information content (AvgIpc) is 3.80. The number of nitrogens with two attached hydrogens (primary N) is 1. The minimum Gasteiger partial charge on any atom is -0.473 e. The first kappa shape index (κ1) is 29.7. The maximum absolute atomic E-state index is 13.9. The van der Waals surface area contributed by atoms with Crippen molar-refractivity contribution in [3.8, 4) is 17.3 Å². The number of rotatable bonds is 9. The fourth-order valence-corrected chi connectivity index (χ4v) is 7.28. The van der Waals surface area contributed by atoms with Crippen molar-refractivity contribution in [2.75, 3.05) is 13.2 Å². The van der Waals surface area contributed by atoms with E-state index in [-0.39, 0.29) is 12.1 Å². The van der Waals surface area contributed by atoms with Crippen LogP contribution in [0.15, 0.2) is 55.0 Å². The first-order valence-corrected chi connectivity index (χ1v) is 16.9. The summed E-state index contributed by atoms with van der Waals surface area (Å²) < 4.78 is 51.6. The molecule has 7 rings (SSSR count). The van der Waals surface area contributed by atoms with E-state index in [0.29, 0.717) is 80.4 Å². The molecule has 5 heterocycles. The van der Waals surface area contributed by atoms with Gasteiger partial charge in [0.05, 0.1) is 60.2 Å². The van der Waals surface area contributed by atoms with E-state index in [1.807, 2.05) is 6.08 Å². The van der Waals surface area contributed by atoms with Crippen molar-refractivity contribution in [1.82, 2.24) is 39.8 Å². The topological polar surface area (TPSA) is 172 Å². The Kier molecular flexibility index (Phi) is 8.00. The number of hydrogen-bond acceptors (Lipinski definition) is 12. The smallest absolute Gasteiger partial charge is 0.256 e. The summed E-state index contributed by atoms with van der Waals surface area (Å²) in [5.41, 5.74) is 8.66. The first-order valence-electron chi connectivity index (χ1n) is 15.4. The third kappa shape index (κ3) is 6.42. The lowest BCUT2D eigenvalue weighted by molar-refractivity contribution is 0.0235. The predicted octanol–water partition coefficient (Wildman–Crippen LogP) is 2.54. The Balaban J connectivity index is 1.15. The Morgan fingerprint density at radius 3 is 2.58 bits per heavy atom. The van der Waals surface area contributed by atoms with Gasteiger partial charge in [0.15, 0.2) is 11.5 Å². The molecule has 238 valence electrons. The lowest BCUT2D eigenvalue weighted by Crippen LogP contribution is -2.50.